The summed E-state index contributed by atoms with van der Waals surface area (Å²) in [4.78, 5) is 14.8. The molecule has 2 aromatic rings. The second kappa shape index (κ2) is 5.56. The molecule has 4 nitrogen and oxygen atoms in total. The first-order valence-electron chi connectivity index (χ1n) is 6.91. The van der Waals surface area contributed by atoms with Gasteiger partial charge in [-0.25, -0.2) is 0 Å². The molecule has 3 rings (SSSR count). The highest BCUT2D eigenvalue weighted by atomic mass is 79.9. The van der Waals surface area contributed by atoms with E-state index < -0.39 is 0 Å². The quantitative estimate of drug-likeness (QED) is 0.832. The summed E-state index contributed by atoms with van der Waals surface area (Å²) in [7, 11) is 1.61. The molecule has 0 radical (unpaired) electrons. The summed E-state index contributed by atoms with van der Waals surface area (Å²) < 4.78 is 8.22. The van der Waals surface area contributed by atoms with Gasteiger partial charge in [0.25, 0.3) is 5.91 Å². The van der Waals surface area contributed by atoms with Crippen LogP contribution in [0.5, 0.6) is 5.75 Å². The molecule has 0 saturated heterocycles. The largest absolute Gasteiger partial charge is 0.497 e. The molecular weight excluding hydrogens is 332 g/mol. The number of hydrogen-bond acceptors (Lipinski definition) is 2. The van der Waals surface area contributed by atoms with Gasteiger partial charge in [-0.1, -0.05) is 0 Å². The predicted molar refractivity (Wildman–Crippen MR) is 84.6 cm³/mol. The van der Waals surface area contributed by atoms with E-state index in [0.29, 0.717) is 17.9 Å². The van der Waals surface area contributed by atoms with Crippen LogP contribution in [0.2, 0.25) is 0 Å². The molecule has 1 atom stereocenters. The highest BCUT2D eigenvalue weighted by molar-refractivity contribution is 9.10. The van der Waals surface area contributed by atoms with Crippen LogP contribution in [0.4, 0.5) is 0 Å². The zero-order valence-corrected chi connectivity index (χ0v) is 13.6. The van der Waals surface area contributed by atoms with Crippen molar-refractivity contribution < 1.29 is 9.53 Å². The molecule has 5 heteroatoms. The summed E-state index contributed by atoms with van der Waals surface area (Å²) in [6, 6.07) is 9.65. The van der Waals surface area contributed by atoms with Gasteiger partial charge in [0, 0.05) is 29.5 Å². The van der Waals surface area contributed by atoms with Crippen molar-refractivity contribution in [2.45, 2.75) is 19.5 Å². The SMILES string of the molecule is COc1ccc(Br)c(C(=O)N2CCn3cccc3C2C)c1. The van der Waals surface area contributed by atoms with Crippen LogP contribution >= 0.6 is 15.9 Å². The van der Waals surface area contributed by atoms with E-state index in [1.807, 2.05) is 23.1 Å². The standard InChI is InChI=1S/C16H17BrN2O2/c1-11-15-4-3-7-18(15)8-9-19(11)16(20)13-10-12(21-2)5-6-14(13)17/h3-7,10-11H,8-9H2,1-2H3. The summed E-state index contributed by atoms with van der Waals surface area (Å²) in [6.45, 7) is 3.61. The molecule has 0 aliphatic carbocycles. The van der Waals surface area contributed by atoms with Crippen molar-refractivity contribution in [1.82, 2.24) is 9.47 Å². The molecule has 0 bridgehead atoms. The van der Waals surface area contributed by atoms with Gasteiger partial charge in [-0.3, -0.25) is 4.79 Å². The van der Waals surface area contributed by atoms with Crippen LogP contribution < -0.4 is 4.74 Å². The molecule has 1 aromatic carbocycles. The Labute approximate surface area is 132 Å². The van der Waals surface area contributed by atoms with E-state index in [1.54, 1.807) is 13.2 Å². The fourth-order valence-corrected chi connectivity index (χ4v) is 3.22. The molecule has 1 aliphatic heterocycles. The van der Waals surface area contributed by atoms with Gasteiger partial charge in [-0.2, -0.15) is 0 Å². The van der Waals surface area contributed by atoms with E-state index in [0.717, 1.165) is 11.0 Å². The minimum atomic E-state index is 0.0284. The average Bonchev–Trinajstić information content (AvgIpc) is 2.97. The van der Waals surface area contributed by atoms with Gasteiger partial charge < -0.3 is 14.2 Å². The van der Waals surface area contributed by atoms with Gasteiger partial charge in [0.2, 0.25) is 0 Å². The second-order valence-electron chi connectivity index (χ2n) is 5.15. The van der Waals surface area contributed by atoms with Gasteiger partial charge in [0.15, 0.2) is 0 Å². The first kappa shape index (κ1) is 14.2. The number of amides is 1. The Kier molecular flexibility index (Phi) is 3.76. The van der Waals surface area contributed by atoms with Gasteiger partial charge in [0.05, 0.1) is 18.7 Å². The van der Waals surface area contributed by atoms with E-state index >= 15 is 0 Å². The van der Waals surface area contributed by atoms with Crippen LogP contribution in [0.25, 0.3) is 0 Å². The summed E-state index contributed by atoms with van der Waals surface area (Å²) >= 11 is 3.46. The maximum Gasteiger partial charge on any atom is 0.255 e. The maximum atomic E-state index is 12.9. The second-order valence-corrected chi connectivity index (χ2v) is 6.00. The van der Waals surface area contributed by atoms with Crippen LogP contribution in [0.3, 0.4) is 0 Å². The van der Waals surface area contributed by atoms with Gasteiger partial charge in [-0.05, 0) is 53.2 Å². The summed E-state index contributed by atoms with van der Waals surface area (Å²) in [6.07, 6.45) is 2.06. The predicted octanol–water partition coefficient (Wildman–Crippen LogP) is 3.48. The van der Waals surface area contributed by atoms with Crippen LogP contribution in [0, 0.1) is 0 Å². The minimum absolute atomic E-state index is 0.0284. The number of methoxy groups -OCH3 is 1. The number of nitrogens with zero attached hydrogens (tertiary/aromatic N) is 2. The number of carbonyl (C=O) groups is 1. The van der Waals surface area contributed by atoms with Gasteiger partial charge >= 0.3 is 0 Å². The van der Waals surface area contributed by atoms with Crippen molar-refractivity contribution in [3.8, 4) is 5.75 Å². The van der Waals surface area contributed by atoms with Crippen molar-refractivity contribution in [3.05, 3.63) is 52.3 Å². The maximum absolute atomic E-state index is 12.9. The molecule has 2 heterocycles. The molecule has 1 amide bonds. The van der Waals surface area contributed by atoms with Crippen molar-refractivity contribution in [3.63, 3.8) is 0 Å². The van der Waals surface area contributed by atoms with E-state index in [-0.39, 0.29) is 11.9 Å². The molecular formula is C16H17BrN2O2. The van der Waals surface area contributed by atoms with E-state index in [4.69, 9.17) is 4.74 Å². The number of fused-ring (bicyclic) bond motifs is 1. The first-order valence-corrected chi connectivity index (χ1v) is 7.70. The lowest BCUT2D eigenvalue weighted by Crippen LogP contribution is -2.40. The smallest absolute Gasteiger partial charge is 0.255 e. The van der Waals surface area contributed by atoms with Gasteiger partial charge in [0.1, 0.15) is 5.75 Å². The van der Waals surface area contributed by atoms with Crippen LogP contribution in [-0.4, -0.2) is 29.0 Å². The fraction of sp³-hybridized carbons (Fsp3) is 0.312. The lowest BCUT2D eigenvalue weighted by atomic mass is 10.1. The molecule has 0 fully saturated rings. The highest BCUT2D eigenvalue weighted by Crippen LogP contribution is 2.30. The van der Waals surface area contributed by atoms with E-state index in [2.05, 4.69) is 39.7 Å². The molecule has 110 valence electrons. The molecule has 0 spiro atoms. The van der Waals surface area contributed by atoms with Crippen LogP contribution in [0.15, 0.2) is 41.0 Å². The zero-order chi connectivity index (χ0) is 15.0. The molecule has 21 heavy (non-hydrogen) atoms. The third-order valence-electron chi connectivity index (χ3n) is 4.01. The Hall–Kier alpha value is -1.75. The van der Waals surface area contributed by atoms with Crippen molar-refractivity contribution in [2.75, 3.05) is 13.7 Å². The van der Waals surface area contributed by atoms with E-state index in [1.165, 1.54) is 5.69 Å². The summed E-state index contributed by atoms with van der Waals surface area (Å²) in [5.74, 6) is 0.718. The van der Waals surface area contributed by atoms with Crippen LogP contribution in [0.1, 0.15) is 29.0 Å². The number of ether oxygens (including phenoxy) is 1. The Morgan fingerprint density at radius 2 is 2.14 bits per heavy atom. The minimum Gasteiger partial charge on any atom is -0.497 e. The van der Waals surface area contributed by atoms with Crippen molar-refractivity contribution in [2.24, 2.45) is 0 Å². The topological polar surface area (TPSA) is 34.5 Å². The fourth-order valence-electron chi connectivity index (χ4n) is 2.81. The number of aromatic nitrogens is 1. The molecule has 1 aliphatic rings. The monoisotopic (exact) mass is 348 g/mol. The normalized spacial score (nSPS) is 17.5. The van der Waals surface area contributed by atoms with E-state index in [9.17, 15) is 4.79 Å². The summed E-state index contributed by atoms with van der Waals surface area (Å²) in [5, 5.41) is 0. The lowest BCUT2D eigenvalue weighted by Gasteiger charge is -2.35. The number of hydrogen-bond donors (Lipinski definition) is 0. The number of carbonyl (C=O) groups excluding carboxylic acids is 1. The number of rotatable bonds is 2. The zero-order valence-electron chi connectivity index (χ0n) is 12.0. The Morgan fingerprint density at radius 3 is 2.90 bits per heavy atom. The third-order valence-corrected chi connectivity index (χ3v) is 4.70. The third kappa shape index (κ3) is 2.46. The van der Waals surface area contributed by atoms with Crippen LogP contribution in [-0.2, 0) is 6.54 Å². The average molecular weight is 349 g/mol. The number of halogens is 1. The molecule has 1 unspecified atom stereocenters. The van der Waals surface area contributed by atoms with Crippen molar-refractivity contribution >= 4 is 21.8 Å². The lowest BCUT2D eigenvalue weighted by molar-refractivity contribution is 0.0642. The Bertz CT molecular complexity index is 681. The molecule has 0 N–H and O–H groups in total. The van der Waals surface area contributed by atoms with Gasteiger partial charge in [-0.15, -0.1) is 0 Å². The Morgan fingerprint density at radius 1 is 1.33 bits per heavy atom. The highest BCUT2D eigenvalue weighted by Gasteiger charge is 2.29. The van der Waals surface area contributed by atoms with Crippen molar-refractivity contribution in [1.29, 1.82) is 0 Å². The molecule has 0 saturated carbocycles. The first-order chi connectivity index (χ1) is 10.1. The number of benzene rings is 1. The Balaban J connectivity index is 1.93. The molecule has 1 aromatic heterocycles. The summed E-state index contributed by atoms with van der Waals surface area (Å²) in [5.41, 5.74) is 1.81.